The maximum absolute atomic E-state index is 5.65. The summed E-state index contributed by atoms with van der Waals surface area (Å²) in [4.78, 5) is 6.49. The Hall–Kier alpha value is -1.55. The van der Waals surface area contributed by atoms with E-state index in [4.69, 9.17) is 4.74 Å². The zero-order valence-corrected chi connectivity index (χ0v) is 13.8. The van der Waals surface area contributed by atoms with Gasteiger partial charge in [-0.1, -0.05) is 0 Å². The minimum absolute atomic E-state index is 0.189. The summed E-state index contributed by atoms with van der Waals surface area (Å²) in [5, 5.41) is 0. The summed E-state index contributed by atoms with van der Waals surface area (Å²) in [5.41, 5.74) is 2.25. The second kappa shape index (κ2) is 6.27. The molecule has 0 aliphatic rings. The Labute approximate surface area is 128 Å². The summed E-state index contributed by atoms with van der Waals surface area (Å²) < 4.78 is 6.67. The molecular weight excluding hydrogens is 316 g/mol. The molecule has 0 saturated heterocycles. The van der Waals surface area contributed by atoms with Crippen molar-refractivity contribution in [2.45, 2.75) is 26.9 Å². The van der Waals surface area contributed by atoms with Crippen molar-refractivity contribution >= 4 is 27.4 Å². The van der Waals surface area contributed by atoms with Gasteiger partial charge in [0.05, 0.1) is 6.10 Å². The SMILES string of the molecule is Cc1cc(N(C)c2ccc(OC(C)C)cc2)ncc1Br. The standard InChI is InChI=1S/C16H19BrN2O/c1-11(2)20-14-7-5-13(6-8-14)19(4)16-9-12(3)15(17)10-18-16/h5-11H,1-4H3. The first-order chi connectivity index (χ1) is 9.47. The van der Waals surface area contributed by atoms with E-state index in [9.17, 15) is 0 Å². The lowest BCUT2D eigenvalue weighted by atomic mass is 10.2. The molecule has 4 heteroatoms. The highest BCUT2D eigenvalue weighted by molar-refractivity contribution is 9.10. The van der Waals surface area contributed by atoms with Crippen LogP contribution >= 0.6 is 15.9 Å². The molecule has 0 spiro atoms. The van der Waals surface area contributed by atoms with Gasteiger partial charge in [-0.05, 0) is 72.6 Å². The average Bonchev–Trinajstić information content (AvgIpc) is 2.41. The van der Waals surface area contributed by atoms with Crippen molar-refractivity contribution in [3.05, 3.63) is 46.6 Å². The van der Waals surface area contributed by atoms with Crippen LogP contribution in [0.25, 0.3) is 0 Å². The molecule has 106 valence electrons. The third-order valence-electron chi connectivity index (χ3n) is 2.97. The fourth-order valence-corrected chi connectivity index (χ4v) is 2.08. The molecule has 1 heterocycles. The quantitative estimate of drug-likeness (QED) is 0.809. The molecule has 2 aromatic rings. The lowest BCUT2D eigenvalue weighted by Crippen LogP contribution is -2.11. The van der Waals surface area contributed by atoms with Gasteiger partial charge in [0, 0.05) is 23.4 Å². The molecule has 1 aromatic heterocycles. The smallest absolute Gasteiger partial charge is 0.132 e. The number of hydrogen-bond acceptors (Lipinski definition) is 3. The predicted molar refractivity (Wildman–Crippen MR) is 86.9 cm³/mol. The topological polar surface area (TPSA) is 25.4 Å². The number of aryl methyl sites for hydroxylation is 1. The number of halogens is 1. The number of pyridine rings is 1. The van der Waals surface area contributed by atoms with E-state index in [0.717, 1.165) is 21.7 Å². The lowest BCUT2D eigenvalue weighted by Gasteiger charge is -2.19. The molecule has 0 radical (unpaired) electrons. The van der Waals surface area contributed by atoms with Crippen LogP contribution in [0.15, 0.2) is 41.0 Å². The van der Waals surface area contributed by atoms with E-state index in [1.165, 1.54) is 5.56 Å². The number of anilines is 2. The van der Waals surface area contributed by atoms with Crippen molar-refractivity contribution < 1.29 is 4.74 Å². The summed E-state index contributed by atoms with van der Waals surface area (Å²) in [7, 11) is 2.01. The van der Waals surface area contributed by atoms with Gasteiger partial charge < -0.3 is 9.64 Å². The molecule has 0 amide bonds. The molecule has 0 saturated carbocycles. The second-order valence-electron chi connectivity index (χ2n) is 5.01. The Morgan fingerprint density at radius 1 is 1.20 bits per heavy atom. The van der Waals surface area contributed by atoms with Crippen molar-refractivity contribution in [1.29, 1.82) is 0 Å². The van der Waals surface area contributed by atoms with E-state index in [2.05, 4.69) is 38.8 Å². The molecule has 0 bridgehead atoms. The van der Waals surface area contributed by atoms with E-state index >= 15 is 0 Å². The van der Waals surface area contributed by atoms with Crippen molar-refractivity contribution in [3.63, 3.8) is 0 Å². The van der Waals surface area contributed by atoms with Gasteiger partial charge in [-0.15, -0.1) is 0 Å². The predicted octanol–water partition coefficient (Wildman–Crippen LogP) is 4.71. The van der Waals surface area contributed by atoms with E-state index < -0.39 is 0 Å². The van der Waals surface area contributed by atoms with Crippen LogP contribution in [0.2, 0.25) is 0 Å². The Morgan fingerprint density at radius 2 is 1.85 bits per heavy atom. The van der Waals surface area contributed by atoms with Gasteiger partial charge in [-0.25, -0.2) is 4.98 Å². The molecule has 0 fully saturated rings. The summed E-state index contributed by atoms with van der Waals surface area (Å²) >= 11 is 3.47. The zero-order valence-electron chi connectivity index (χ0n) is 12.2. The molecule has 3 nitrogen and oxygen atoms in total. The van der Waals surface area contributed by atoms with E-state index in [0.29, 0.717) is 0 Å². The first kappa shape index (κ1) is 14.9. The van der Waals surface area contributed by atoms with Gasteiger partial charge in [0.15, 0.2) is 0 Å². The van der Waals surface area contributed by atoms with Gasteiger partial charge in [-0.2, -0.15) is 0 Å². The number of benzene rings is 1. The third kappa shape index (κ3) is 3.51. The highest BCUT2D eigenvalue weighted by Gasteiger charge is 2.07. The highest BCUT2D eigenvalue weighted by atomic mass is 79.9. The fraction of sp³-hybridized carbons (Fsp3) is 0.312. The number of hydrogen-bond donors (Lipinski definition) is 0. The van der Waals surface area contributed by atoms with Gasteiger partial charge in [-0.3, -0.25) is 0 Å². The molecular formula is C16H19BrN2O. The summed E-state index contributed by atoms with van der Waals surface area (Å²) in [6.45, 7) is 6.10. The Morgan fingerprint density at radius 3 is 2.40 bits per heavy atom. The Kier molecular flexibility index (Phi) is 4.65. The second-order valence-corrected chi connectivity index (χ2v) is 5.87. The molecule has 0 aliphatic carbocycles. The maximum Gasteiger partial charge on any atom is 0.132 e. The third-order valence-corrected chi connectivity index (χ3v) is 3.80. The van der Waals surface area contributed by atoms with Crippen molar-refractivity contribution in [2.75, 3.05) is 11.9 Å². The molecule has 20 heavy (non-hydrogen) atoms. The minimum Gasteiger partial charge on any atom is -0.491 e. The largest absolute Gasteiger partial charge is 0.491 e. The van der Waals surface area contributed by atoms with E-state index in [1.54, 1.807) is 0 Å². The Bertz CT molecular complexity index is 582. The number of rotatable bonds is 4. The monoisotopic (exact) mass is 334 g/mol. The first-order valence-corrected chi connectivity index (χ1v) is 7.39. The van der Waals surface area contributed by atoms with Crippen LogP contribution in [-0.4, -0.2) is 18.1 Å². The van der Waals surface area contributed by atoms with Crippen molar-refractivity contribution in [3.8, 4) is 5.75 Å². The normalized spacial score (nSPS) is 10.7. The van der Waals surface area contributed by atoms with Gasteiger partial charge in [0.25, 0.3) is 0 Å². The summed E-state index contributed by atoms with van der Waals surface area (Å²) in [6, 6.07) is 10.1. The molecule has 2 rings (SSSR count). The molecule has 0 N–H and O–H groups in total. The van der Waals surface area contributed by atoms with Crippen LogP contribution < -0.4 is 9.64 Å². The maximum atomic E-state index is 5.65. The van der Waals surface area contributed by atoms with E-state index in [1.807, 2.05) is 51.4 Å². The van der Waals surface area contributed by atoms with Gasteiger partial charge in [0.2, 0.25) is 0 Å². The lowest BCUT2D eigenvalue weighted by molar-refractivity contribution is 0.242. The van der Waals surface area contributed by atoms with Crippen LogP contribution in [0.5, 0.6) is 5.75 Å². The summed E-state index contributed by atoms with van der Waals surface area (Å²) in [6.07, 6.45) is 2.02. The highest BCUT2D eigenvalue weighted by Crippen LogP contribution is 2.26. The van der Waals surface area contributed by atoms with Crippen LogP contribution in [-0.2, 0) is 0 Å². The zero-order chi connectivity index (χ0) is 14.7. The van der Waals surface area contributed by atoms with E-state index in [-0.39, 0.29) is 6.10 Å². The molecule has 0 aliphatic heterocycles. The fourth-order valence-electron chi connectivity index (χ4n) is 1.86. The Balaban J connectivity index is 2.20. The molecule has 0 unspecified atom stereocenters. The van der Waals surface area contributed by atoms with Crippen LogP contribution in [0.1, 0.15) is 19.4 Å². The first-order valence-electron chi connectivity index (χ1n) is 6.60. The van der Waals surface area contributed by atoms with Crippen LogP contribution in [0.3, 0.4) is 0 Å². The minimum atomic E-state index is 0.189. The number of aromatic nitrogens is 1. The van der Waals surface area contributed by atoms with Crippen molar-refractivity contribution in [2.24, 2.45) is 0 Å². The molecule has 1 aromatic carbocycles. The summed E-state index contributed by atoms with van der Waals surface area (Å²) in [5.74, 6) is 1.81. The van der Waals surface area contributed by atoms with Crippen molar-refractivity contribution in [1.82, 2.24) is 4.98 Å². The number of ether oxygens (including phenoxy) is 1. The number of nitrogens with zero attached hydrogens (tertiary/aromatic N) is 2. The van der Waals surface area contributed by atoms with Gasteiger partial charge in [0.1, 0.15) is 11.6 Å². The van der Waals surface area contributed by atoms with Gasteiger partial charge >= 0.3 is 0 Å². The van der Waals surface area contributed by atoms with Crippen LogP contribution in [0, 0.1) is 6.92 Å². The average molecular weight is 335 g/mol. The van der Waals surface area contributed by atoms with Crippen LogP contribution in [0.4, 0.5) is 11.5 Å². The molecule has 0 atom stereocenters.